The lowest BCUT2D eigenvalue weighted by Crippen LogP contribution is -2.39. The van der Waals surface area contributed by atoms with Crippen molar-refractivity contribution in [3.05, 3.63) is 76.4 Å². The lowest BCUT2D eigenvalue weighted by Gasteiger charge is -2.35. The minimum Gasteiger partial charge on any atom is -0.300 e. The van der Waals surface area contributed by atoms with Crippen molar-refractivity contribution in [1.29, 1.82) is 0 Å². The molecule has 0 radical (unpaired) electrons. The molecule has 0 aliphatic carbocycles. The molecule has 4 rings (SSSR count). The highest BCUT2D eigenvalue weighted by Crippen LogP contribution is 2.40. The fourth-order valence-corrected chi connectivity index (χ4v) is 4.95. The third-order valence-electron chi connectivity index (χ3n) is 6.65. The second kappa shape index (κ2) is 7.20. The maximum Gasteiger partial charge on any atom is 0.126 e. The van der Waals surface area contributed by atoms with Gasteiger partial charge in [0.05, 0.1) is 0 Å². The highest BCUT2D eigenvalue weighted by molar-refractivity contribution is 5.83. The van der Waals surface area contributed by atoms with E-state index in [2.05, 4.69) is 18.0 Å². The average Bonchev–Trinajstić information content (AvgIpc) is 2.86. The normalized spacial score (nSPS) is 24.9. The summed E-state index contributed by atoms with van der Waals surface area (Å²) in [5, 5.41) is 0. The zero-order valence-corrected chi connectivity index (χ0v) is 16.3. The molecule has 2 saturated heterocycles. The Morgan fingerprint density at radius 2 is 1.37 bits per heavy atom. The minimum absolute atomic E-state index is 0.212. The number of hydrogen-bond acceptors (Lipinski definition) is 1. The molecular formula is C24H27F2N. The van der Waals surface area contributed by atoms with Crippen LogP contribution in [-0.4, -0.2) is 24.0 Å². The van der Waals surface area contributed by atoms with Gasteiger partial charge >= 0.3 is 0 Å². The highest BCUT2D eigenvalue weighted by Gasteiger charge is 2.37. The molecule has 0 amide bonds. The first-order chi connectivity index (χ1) is 13.0. The fraction of sp³-hybridized carbons (Fsp3) is 0.417. The third-order valence-corrected chi connectivity index (χ3v) is 6.65. The van der Waals surface area contributed by atoms with Crippen LogP contribution in [-0.2, 0) is 0 Å². The number of hydrogen-bond donors (Lipinski definition) is 0. The highest BCUT2D eigenvalue weighted by atomic mass is 19.1. The molecule has 27 heavy (non-hydrogen) atoms. The SMILES string of the molecule is Cc1c(F)cccc1C(=CC1C[C@H]2CC[C@@H](C1)N2C)c1cccc(F)c1C. The first-order valence-electron chi connectivity index (χ1n) is 9.90. The van der Waals surface area contributed by atoms with Gasteiger partial charge in [-0.3, -0.25) is 0 Å². The van der Waals surface area contributed by atoms with Gasteiger partial charge in [-0.25, -0.2) is 8.78 Å². The van der Waals surface area contributed by atoms with Gasteiger partial charge in [-0.15, -0.1) is 0 Å². The van der Waals surface area contributed by atoms with E-state index in [0.717, 1.165) is 29.5 Å². The molecule has 0 spiro atoms. The fourth-order valence-electron chi connectivity index (χ4n) is 4.95. The van der Waals surface area contributed by atoms with Crippen LogP contribution in [0, 0.1) is 31.4 Å². The Kier molecular flexibility index (Phi) is 4.90. The molecule has 3 heteroatoms. The van der Waals surface area contributed by atoms with Crippen LogP contribution >= 0.6 is 0 Å². The second-order valence-electron chi connectivity index (χ2n) is 8.19. The number of nitrogens with zero attached hydrogens (tertiary/aromatic N) is 1. The van der Waals surface area contributed by atoms with Crippen molar-refractivity contribution < 1.29 is 8.78 Å². The van der Waals surface area contributed by atoms with Crippen LogP contribution in [0.5, 0.6) is 0 Å². The zero-order valence-electron chi connectivity index (χ0n) is 16.3. The number of fused-ring (bicyclic) bond motifs is 2. The molecule has 2 fully saturated rings. The van der Waals surface area contributed by atoms with E-state index in [4.69, 9.17) is 0 Å². The molecule has 0 saturated carbocycles. The van der Waals surface area contributed by atoms with Crippen molar-refractivity contribution in [1.82, 2.24) is 4.90 Å². The first-order valence-corrected chi connectivity index (χ1v) is 9.90. The summed E-state index contributed by atoms with van der Waals surface area (Å²) in [6.45, 7) is 3.62. The predicted octanol–water partition coefficient (Wildman–Crippen LogP) is 5.89. The third kappa shape index (κ3) is 3.34. The lowest BCUT2D eigenvalue weighted by atomic mass is 9.84. The molecule has 2 bridgehead atoms. The Morgan fingerprint density at radius 3 is 1.85 bits per heavy atom. The number of halogens is 2. The van der Waals surface area contributed by atoms with Crippen molar-refractivity contribution in [3.8, 4) is 0 Å². The molecular weight excluding hydrogens is 340 g/mol. The predicted molar refractivity (Wildman–Crippen MR) is 107 cm³/mol. The van der Waals surface area contributed by atoms with E-state index in [9.17, 15) is 8.78 Å². The molecule has 2 aromatic carbocycles. The Balaban J connectivity index is 1.81. The maximum absolute atomic E-state index is 14.3. The summed E-state index contributed by atoms with van der Waals surface area (Å²) in [4.78, 5) is 2.52. The summed E-state index contributed by atoms with van der Waals surface area (Å²) >= 11 is 0. The van der Waals surface area contributed by atoms with Crippen LogP contribution in [0.4, 0.5) is 8.78 Å². The summed E-state index contributed by atoms with van der Waals surface area (Å²) in [5.74, 6) is 0.0193. The Labute approximate surface area is 160 Å². The smallest absolute Gasteiger partial charge is 0.126 e. The quantitative estimate of drug-likeness (QED) is 0.654. The van der Waals surface area contributed by atoms with Gasteiger partial charge in [0.1, 0.15) is 11.6 Å². The van der Waals surface area contributed by atoms with E-state index in [-0.39, 0.29) is 11.6 Å². The molecule has 1 nitrogen and oxygen atoms in total. The number of benzene rings is 2. The Morgan fingerprint density at radius 1 is 0.889 bits per heavy atom. The standard InChI is InChI=1S/C24H27F2N/c1-15-20(6-4-8-23(15)25)22(21-7-5-9-24(26)16(21)2)14-17-12-18-10-11-19(13-17)27(18)3/h4-9,14,17-19H,10-13H2,1-3H3/t17?,18-,19+. The lowest BCUT2D eigenvalue weighted by molar-refractivity contribution is 0.152. The number of allylic oxidation sites excluding steroid dienone is 1. The molecule has 2 aromatic rings. The van der Waals surface area contributed by atoms with Crippen LogP contribution in [0.2, 0.25) is 0 Å². The van der Waals surface area contributed by atoms with E-state index in [0.29, 0.717) is 29.1 Å². The van der Waals surface area contributed by atoms with Gasteiger partial charge < -0.3 is 4.90 Å². The maximum atomic E-state index is 14.3. The van der Waals surface area contributed by atoms with Gasteiger partial charge in [-0.05, 0) is 92.5 Å². The van der Waals surface area contributed by atoms with E-state index < -0.39 is 0 Å². The van der Waals surface area contributed by atoms with Gasteiger partial charge in [0, 0.05) is 12.1 Å². The van der Waals surface area contributed by atoms with Crippen molar-refractivity contribution >= 4 is 5.57 Å². The monoisotopic (exact) mass is 367 g/mol. The van der Waals surface area contributed by atoms with E-state index in [1.54, 1.807) is 12.1 Å². The molecule has 0 aromatic heterocycles. The molecule has 2 aliphatic heterocycles. The molecule has 2 aliphatic rings. The topological polar surface area (TPSA) is 3.24 Å². The van der Waals surface area contributed by atoms with Crippen LogP contribution < -0.4 is 0 Å². The summed E-state index contributed by atoms with van der Waals surface area (Å²) in [6, 6.07) is 11.7. The van der Waals surface area contributed by atoms with E-state index >= 15 is 0 Å². The van der Waals surface area contributed by atoms with Gasteiger partial charge in [0.15, 0.2) is 0 Å². The van der Waals surface area contributed by atoms with Crippen LogP contribution in [0.3, 0.4) is 0 Å². The Bertz CT molecular complexity index is 818. The zero-order chi connectivity index (χ0) is 19.1. The molecule has 0 N–H and O–H groups in total. The Hall–Kier alpha value is -2.00. The van der Waals surface area contributed by atoms with Crippen LogP contribution in [0.15, 0.2) is 42.5 Å². The van der Waals surface area contributed by atoms with Crippen molar-refractivity contribution in [2.45, 2.75) is 51.6 Å². The van der Waals surface area contributed by atoms with Crippen molar-refractivity contribution in [2.75, 3.05) is 7.05 Å². The van der Waals surface area contributed by atoms with Crippen molar-refractivity contribution in [2.24, 2.45) is 5.92 Å². The largest absolute Gasteiger partial charge is 0.300 e. The van der Waals surface area contributed by atoms with Gasteiger partial charge in [0.2, 0.25) is 0 Å². The first kappa shape index (κ1) is 18.4. The van der Waals surface area contributed by atoms with Gasteiger partial charge in [0.25, 0.3) is 0 Å². The summed E-state index contributed by atoms with van der Waals surface area (Å²) in [7, 11) is 2.23. The second-order valence-corrected chi connectivity index (χ2v) is 8.19. The minimum atomic E-state index is -0.212. The molecule has 3 atom stereocenters. The number of piperidine rings is 1. The number of rotatable bonds is 3. The van der Waals surface area contributed by atoms with Crippen LogP contribution in [0.1, 0.15) is 47.9 Å². The van der Waals surface area contributed by atoms with E-state index in [1.807, 2.05) is 26.0 Å². The molecule has 2 heterocycles. The molecule has 1 unspecified atom stereocenters. The van der Waals surface area contributed by atoms with Crippen molar-refractivity contribution in [3.63, 3.8) is 0 Å². The van der Waals surface area contributed by atoms with Crippen LogP contribution in [0.25, 0.3) is 5.57 Å². The van der Waals surface area contributed by atoms with Gasteiger partial charge in [-0.1, -0.05) is 30.3 Å². The summed E-state index contributed by atoms with van der Waals surface area (Å²) < 4.78 is 28.6. The molecule has 142 valence electrons. The van der Waals surface area contributed by atoms with E-state index in [1.165, 1.54) is 25.0 Å². The van der Waals surface area contributed by atoms with Gasteiger partial charge in [-0.2, -0.15) is 0 Å². The summed E-state index contributed by atoms with van der Waals surface area (Å²) in [6.07, 6.45) is 7.07. The summed E-state index contributed by atoms with van der Waals surface area (Å²) in [5.41, 5.74) is 3.97. The average molecular weight is 367 g/mol.